The topological polar surface area (TPSA) is 64.3 Å². The zero-order valence-corrected chi connectivity index (χ0v) is 16.6. The Morgan fingerprint density at radius 1 is 1.07 bits per heavy atom. The van der Waals surface area contributed by atoms with Crippen molar-refractivity contribution in [3.63, 3.8) is 0 Å². The minimum atomic E-state index is -0.267. The summed E-state index contributed by atoms with van der Waals surface area (Å²) >= 11 is 0. The van der Waals surface area contributed by atoms with E-state index in [2.05, 4.69) is 11.2 Å². The summed E-state index contributed by atoms with van der Waals surface area (Å²) in [6, 6.07) is 16.9. The van der Waals surface area contributed by atoms with Gasteiger partial charge in [0.2, 0.25) is 0 Å². The van der Waals surface area contributed by atoms with Crippen LogP contribution in [0.1, 0.15) is 39.7 Å². The van der Waals surface area contributed by atoms with Crippen molar-refractivity contribution in [1.29, 1.82) is 0 Å². The van der Waals surface area contributed by atoms with E-state index in [-0.39, 0.29) is 17.7 Å². The van der Waals surface area contributed by atoms with Gasteiger partial charge in [-0.15, -0.1) is 0 Å². The number of benzene rings is 2. The van der Waals surface area contributed by atoms with E-state index in [0.29, 0.717) is 17.9 Å². The number of aryl methyl sites for hydroxylation is 1. The molecule has 0 saturated carbocycles. The highest BCUT2D eigenvalue weighted by atomic mass is 16.5. The van der Waals surface area contributed by atoms with Gasteiger partial charge in [-0.25, -0.2) is 5.01 Å². The van der Waals surface area contributed by atoms with Crippen LogP contribution >= 0.6 is 0 Å². The fourth-order valence-electron chi connectivity index (χ4n) is 3.54. The molecule has 1 aliphatic rings. The zero-order valence-electron chi connectivity index (χ0n) is 16.6. The summed E-state index contributed by atoms with van der Waals surface area (Å²) in [7, 11) is 3.20. The molecule has 2 heterocycles. The van der Waals surface area contributed by atoms with Crippen molar-refractivity contribution in [3.05, 3.63) is 83.3 Å². The van der Waals surface area contributed by atoms with Gasteiger partial charge in [0.25, 0.3) is 0 Å². The van der Waals surface area contributed by atoms with Crippen LogP contribution in [0.2, 0.25) is 0 Å². The van der Waals surface area contributed by atoms with Gasteiger partial charge in [-0.3, -0.25) is 4.79 Å². The Morgan fingerprint density at radius 3 is 2.59 bits per heavy atom. The molecule has 1 aromatic heterocycles. The zero-order chi connectivity index (χ0) is 20.4. The third kappa shape index (κ3) is 3.61. The van der Waals surface area contributed by atoms with E-state index in [1.807, 2.05) is 43.3 Å². The Kier molecular flexibility index (Phi) is 5.08. The average Bonchev–Trinajstić information content (AvgIpc) is 3.43. The summed E-state index contributed by atoms with van der Waals surface area (Å²) < 4.78 is 16.1. The van der Waals surface area contributed by atoms with Gasteiger partial charge in [0.1, 0.15) is 0 Å². The minimum absolute atomic E-state index is 0.212. The molecule has 0 fully saturated rings. The highest BCUT2D eigenvalue weighted by molar-refractivity contribution is 6.05. The molecule has 1 aliphatic heterocycles. The normalized spacial score (nSPS) is 15.9. The van der Waals surface area contributed by atoms with Crippen LogP contribution in [-0.4, -0.2) is 30.8 Å². The number of methoxy groups -OCH3 is 2. The summed E-state index contributed by atoms with van der Waals surface area (Å²) in [5.74, 6) is 1.26. The molecule has 148 valence electrons. The number of amides is 1. The van der Waals surface area contributed by atoms with Crippen molar-refractivity contribution in [1.82, 2.24) is 5.01 Å². The first-order chi connectivity index (χ1) is 14.1. The first-order valence-electron chi connectivity index (χ1n) is 9.34. The van der Waals surface area contributed by atoms with Gasteiger partial charge in [-0.05, 0) is 42.8 Å². The molecule has 0 N–H and O–H groups in total. The molecule has 0 unspecified atom stereocenters. The Hall–Kier alpha value is -3.54. The predicted molar refractivity (Wildman–Crippen MR) is 109 cm³/mol. The summed E-state index contributed by atoms with van der Waals surface area (Å²) in [5.41, 5.74) is 3.85. The maximum absolute atomic E-state index is 13.1. The first kappa shape index (κ1) is 18.8. The minimum Gasteiger partial charge on any atom is -0.493 e. The molecule has 0 bridgehead atoms. The summed E-state index contributed by atoms with van der Waals surface area (Å²) in [6.07, 6.45) is 2.08. The molecule has 2 aromatic carbocycles. The van der Waals surface area contributed by atoms with Crippen molar-refractivity contribution in [2.45, 2.75) is 19.4 Å². The van der Waals surface area contributed by atoms with Crippen molar-refractivity contribution in [3.8, 4) is 11.5 Å². The van der Waals surface area contributed by atoms with Crippen LogP contribution in [0.25, 0.3) is 0 Å². The van der Waals surface area contributed by atoms with E-state index >= 15 is 0 Å². The largest absolute Gasteiger partial charge is 0.493 e. The van der Waals surface area contributed by atoms with E-state index in [1.54, 1.807) is 26.4 Å². The Labute approximate surface area is 169 Å². The van der Waals surface area contributed by atoms with Crippen LogP contribution in [0.4, 0.5) is 0 Å². The summed E-state index contributed by atoms with van der Waals surface area (Å²) in [6.45, 7) is 2.03. The highest BCUT2D eigenvalue weighted by Crippen LogP contribution is 2.36. The van der Waals surface area contributed by atoms with E-state index < -0.39 is 0 Å². The Morgan fingerprint density at radius 2 is 1.90 bits per heavy atom. The number of carbonyl (C=O) groups is 1. The third-order valence-electron chi connectivity index (χ3n) is 4.99. The number of hydrogen-bond acceptors (Lipinski definition) is 5. The second-order valence-electron chi connectivity index (χ2n) is 6.88. The maximum Gasteiger partial charge on any atom is 0.310 e. The molecule has 0 spiro atoms. The molecular weight excluding hydrogens is 368 g/mol. The van der Waals surface area contributed by atoms with Crippen LogP contribution in [0, 0.1) is 6.92 Å². The number of hydrazone groups is 1. The van der Waals surface area contributed by atoms with E-state index in [9.17, 15) is 4.79 Å². The molecule has 0 saturated heterocycles. The Balaban J connectivity index is 1.74. The quantitative estimate of drug-likeness (QED) is 0.639. The van der Waals surface area contributed by atoms with E-state index in [0.717, 1.165) is 22.4 Å². The van der Waals surface area contributed by atoms with Gasteiger partial charge in [-0.2, -0.15) is 5.10 Å². The average molecular weight is 390 g/mol. The molecule has 6 heteroatoms. The molecule has 0 radical (unpaired) electrons. The van der Waals surface area contributed by atoms with Crippen molar-refractivity contribution in [2.24, 2.45) is 5.10 Å². The van der Waals surface area contributed by atoms with Crippen LogP contribution < -0.4 is 9.47 Å². The monoisotopic (exact) mass is 390 g/mol. The molecule has 4 rings (SSSR count). The maximum atomic E-state index is 13.1. The fraction of sp³-hybridized carbons (Fsp3) is 0.217. The van der Waals surface area contributed by atoms with Crippen molar-refractivity contribution in [2.75, 3.05) is 14.2 Å². The summed E-state index contributed by atoms with van der Waals surface area (Å²) in [5, 5.41) is 6.19. The van der Waals surface area contributed by atoms with Crippen molar-refractivity contribution < 1.29 is 18.7 Å². The third-order valence-corrected chi connectivity index (χ3v) is 4.99. The number of ether oxygens (including phenoxy) is 2. The molecule has 0 aliphatic carbocycles. The summed E-state index contributed by atoms with van der Waals surface area (Å²) in [4.78, 5) is 13.1. The van der Waals surface area contributed by atoms with Gasteiger partial charge in [0, 0.05) is 12.0 Å². The Bertz CT molecular complexity index is 1060. The van der Waals surface area contributed by atoms with Gasteiger partial charge < -0.3 is 13.9 Å². The van der Waals surface area contributed by atoms with Gasteiger partial charge >= 0.3 is 5.91 Å². The molecule has 1 atom stereocenters. The molecule has 29 heavy (non-hydrogen) atoms. The lowest BCUT2D eigenvalue weighted by molar-refractivity contribution is 0.0678. The molecular formula is C23H22N2O4. The highest BCUT2D eigenvalue weighted by Gasteiger charge is 2.35. The fourth-order valence-corrected chi connectivity index (χ4v) is 3.54. The number of furan rings is 1. The van der Waals surface area contributed by atoms with Crippen LogP contribution in [-0.2, 0) is 0 Å². The number of carbonyl (C=O) groups excluding carboxylic acids is 1. The predicted octanol–water partition coefficient (Wildman–Crippen LogP) is 4.60. The van der Waals surface area contributed by atoms with Gasteiger partial charge in [0.15, 0.2) is 17.3 Å². The standard InChI is InChI=1S/C23H22N2O4/c1-15-6-4-7-17(12-15)19-14-18(16-9-10-20(27-2)22(13-16)28-3)24-25(19)23(26)21-8-5-11-29-21/h4-13,19H,14H2,1-3H3/t19-/m1/s1. The number of nitrogens with zero attached hydrogens (tertiary/aromatic N) is 2. The second kappa shape index (κ2) is 7.83. The molecule has 3 aromatic rings. The lowest BCUT2D eigenvalue weighted by atomic mass is 9.97. The molecule has 6 nitrogen and oxygen atoms in total. The lowest BCUT2D eigenvalue weighted by Crippen LogP contribution is -2.26. The van der Waals surface area contributed by atoms with Crippen LogP contribution in [0.3, 0.4) is 0 Å². The van der Waals surface area contributed by atoms with Crippen LogP contribution in [0.15, 0.2) is 70.4 Å². The van der Waals surface area contributed by atoms with Gasteiger partial charge in [-0.1, -0.05) is 29.8 Å². The second-order valence-corrected chi connectivity index (χ2v) is 6.88. The van der Waals surface area contributed by atoms with E-state index in [4.69, 9.17) is 13.9 Å². The smallest absolute Gasteiger partial charge is 0.310 e. The van der Waals surface area contributed by atoms with Gasteiger partial charge in [0.05, 0.1) is 32.2 Å². The lowest BCUT2D eigenvalue weighted by Gasteiger charge is -2.21. The molecule has 1 amide bonds. The van der Waals surface area contributed by atoms with Crippen molar-refractivity contribution >= 4 is 11.6 Å². The number of hydrogen-bond donors (Lipinski definition) is 0. The first-order valence-corrected chi connectivity index (χ1v) is 9.34. The number of rotatable bonds is 5. The SMILES string of the molecule is COc1ccc(C2=NN(C(=O)c3ccco3)[C@@H](c3cccc(C)c3)C2)cc1OC. The van der Waals surface area contributed by atoms with Crippen LogP contribution in [0.5, 0.6) is 11.5 Å². The van der Waals surface area contributed by atoms with E-state index in [1.165, 1.54) is 11.3 Å².